The molecular weight excluding hydrogens is 412 g/mol. The zero-order chi connectivity index (χ0) is 22.7. The van der Waals surface area contributed by atoms with Crippen molar-refractivity contribution in [2.24, 2.45) is 0 Å². The van der Waals surface area contributed by atoms with Crippen LogP contribution in [0.3, 0.4) is 0 Å². The second-order valence-corrected chi connectivity index (χ2v) is 7.64. The number of ether oxygens (including phenoxy) is 3. The Hall–Kier alpha value is -3.82. The summed E-state index contributed by atoms with van der Waals surface area (Å²) in [6.45, 7) is 1.05. The number of H-pyrrole nitrogens is 1. The van der Waals surface area contributed by atoms with Gasteiger partial charge in [0.1, 0.15) is 23.3 Å². The van der Waals surface area contributed by atoms with Gasteiger partial charge in [0.05, 0.1) is 26.5 Å². The van der Waals surface area contributed by atoms with Gasteiger partial charge in [-0.15, -0.1) is 10.2 Å². The molecule has 3 aromatic rings. The number of hydrogen-bond donors (Lipinski definition) is 1. The molecule has 1 fully saturated rings. The second kappa shape index (κ2) is 9.13. The Morgan fingerprint density at radius 2 is 1.97 bits per heavy atom. The summed E-state index contributed by atoms with van der Waals surface area (Å²) >= 11 is 0. The average molecular weight is 438 g/mol. The summed E-state index contributed by atoms with van der Waals surface area (Å²) in [4.78, 5) is 16.6. The van der Waals surface area contributed by atoms with Gasteiger partial charge < -0.3 is 24.0 Å². The lowest BCUT2D eigenvalue weighted by atomic mass is 10.1. The SMILES string of the molecule is COc1ccc(OC)c(-c2cc(C(=O)N3CCC(Oc4ccc(N(C)C)nn4)C3)[nH]n2)c1. The van der Waals surface area contributed by atoms with Crippen LogP contribution in [0.5, 0.6) is 17.4 Å². The molecule has 1 N–H and O–H groups in total. The lowest BCUT2D eigenvalue weighted by Gasteiger charge is -2.16. The van der Waals surface area contributed by atoms with E-state index in [0.717, 1.165) is 11.4 Å². The highest BCUT2D eigenvalue weighted by molar-refractivity contribution is 5.93. The van der Waals surface area contributed by atoms with E-state index in [1.165, 1.54) is 0 Å². The Balaban J connectivity index is 1.42. The number of rotatable bonds is 7. The van der Waals surface area contributed by atoms with E-state index in [9.17, 15) is 4.79 Å². The number of nitrogens with one attached hydrogen (secondary N) is 1. The Labute approximate surface area is 186 Å². The zero-order valence-corrected chi connectivity index (χ0v) is 18.5. The molecule has 0 bridgehead atoms. The number of carbonyl (C=O) groups is 1. The van der Waals surface area contributed by atoms with E-state index in [1.807, 2.05) is 37.2 Å². The maximum absolute atomic E-state index is 13.0. The lowest BCUT2D eigenvalue weighted by molar-refractivity contribution is 0.0765. The first kappa shape index (κ1) is 21.4. The van der Waals surface area contributed by atoms with Crippen molar-refractivity contribution in [1.29, 1.82) is 0 Å². The smallest absolute Gasteiger partial charge is 0.272 e. The quantitative estimate of drug-likeness (QED) is 0.599. The molecule has 3 heterocycles. The van der Waals surface area contributed by atoms with Gasteiger partial charge in [0.15, 0.2) is 5.82 Å². The van der Waals surface area contributed by atoms with Crippen LogP contribution < -0.4 is 19.1 Å². The molecule has 1 saturated heterocycles. The molecule has 0 aliphatic carbocycles. The second-order valence-electron chi connectivity index (χ2n) is 7.64. The molecule has 0 radical (unpaired) electrons. The first-order valence-corrected chi connectivity index (χ1v) is 10.2. The molecule has 1 aliphatic heterocycles. The van der Waals surface area contributed by atoms with Gasteiger partial charge >= 0.3 is 0 Å². The Kier molecular flexibility index (Phi) is 6.11. The number of anilines is 1. The van der Waals surface area contributed by atoms with Crippen LogP contribution in [0.25, 0.3) is 11.3 Å². The molecule has 0 spiro atoms. The number of aromatic amines is 1. The Morgan fingerprint density at radius 1 is 1.12 bits per heavy atom. The summed E-state index contributed by atoms with van der Waals surface area (Å²) in [5, 5.41) is 15.4. The number of amides is 1. The van der Waals surface area contributed by atoms with Crippen molar-refractivity contribution in [2.45, 2.75) is 12.5 Å². The predicted octanol–water partition coefficient (Wildman–Crippen LogP) is 2.24. The largest absolute Gasteiger partial charge is 0.497 e. The molecule has 1 aromatic carbocycles. The Bertz CT molecular complexity index is 1080. The number of aromatic nitrogens is 4. The van der Waals surface area contributed by atoms with Gasteiger partial charge in [-0.2, -0.15) is 5.10 Å². The van der Waals surface area contributed by atoms with Gasteiger partial charge in [-0.3, -0.25) is 9.89 Å². The molecule has 168 valence electrons. The summed E-state index contributed by atoms with van der Waals surface area (Å²) in [7, 11) is 6.98. The number of nitrogens with zero attached hydrogens (tertiary/aromatic N) is 5. The van der Waals surface area contributed by atoms with Crippen LogP contribution in [-0.2, 0) is 0 Å². The third-order valence-electron chi connectivity index (χ3n) is 5.29. The molecule has 1 atom stereocenters. The van der Waals surface area contributed by atoms with Crippen LogP contribution in [-0.4, -0.2) is 78.7 Å². The maximum atomic E-state index is 13.0. The monoisotopic (exact) mass is 438 g/mol. The van der Waals surface area contributed by atoms with Crippen LogP contribution in [0.4, 0.5) is 5.82 Å². The molecule has 10 nitrogen and oxygen atoms in total. The minimum atomic E-state index is -0.140. The molecule has 32 heavy (non-hydrogen) atoms. The highest BCUT2D eigenvalue weighted by atomic mass is 16.5. The fourth-order valence-electron chi connectivity index (χ4n) is 3.55. The topological polar surface area (TPSA) is 106 Å². The third-order valence-corrected chi connectivity index (χ3v) is 5.29. The fraction of sp³-hybridized carbons (Fsp3) is 0.364. The number of benzene rings is 1. The van der Waals surface area contributed by atoms with Crippen molar-refractivity contribution in [3.05, 3.63) is 42.1 Å². The highest BCUT2D eigenvalue weighted by Gasteiger charge is 2.30. The first-order chi connectivity index (χ1) is 15.5. The number of carbonyl (C=O) groups excluding carboxylic acids is 1. The van der Waals surface area contributed by atoms with E-state index in [1.54, 1.807) is 37.3 Å². The van der Waals surface area contributed by atoms with Gasteiger partial charge in [0.2, 0.25) is 5.88 Å². The summed E-state index contributed by atoms with van der Waals surface area (Å²) in [6, 6.07) is 10.8. The molecule has 2 aromatic heterocycles. The molecule has 4 rings (SSSR count). The standard InChI is InChI=1S/C22H26N6O4/c1-27(2)20-7-8-21(26-25-20)32-15-9-10-28(13-15)22(29)18-12-17(23-24-18)16-11-14(30-3)5-6-19(16)31-4/h5-8,11-12,15H,9-10,13H2,1-4H3,(H,23,24). The van der Waals surface area contributed by atoms with Crippen molar-refractivity contribution >= 4 is 11.7 Å². The zero-order valence-electron chi connectivity index (χ0n) is 18.5. The molecule has 1 unspecified atom stereocenters. The summed E-state index contributed by atoms with van der Waals surface area (Å²) < 4.78 is 16.6. The van der Waals surface area contributed by atoms with E-state index in [0.29, 0.717) is 48.3 Å². The van der Waals surface area contributed by atoms with Crippen LogP contribution in [0.1, 0.15) is 16.9 Å². The average Bonchev–Trinajstić information content (AvgIpc) is 3.48. The van der Waals surface area contributed by atoms with E-state index >= 15 is 0 Å². The van der Waals surface area contributed by atoms with Crippen molar-refractivity contribution in [2.75, 3.05) is 46.3 Å². The van der Waals surface area contributed by atoms with Gasteiger partial charge in [-0.1, -0.05) is 0 Å². The molecular formula is C22H26N6O4. The van der Waals surface area contributed by atoms with Gasteiger partial charge in [-0.05, 0) is 30.3 Å². The van der Waals surface area contributed by atoms with Gasteiger partial charge in [0, 0.05) is 38.7 Å². The van der Waals surface area contributed by atoms with E-state index < -0.39 is 0 Å². The van der Waals surface area contributed by atoms with Crippen LogP contribution in [0.15, 0.2) is 36.4 Å². The van der Waals surface area contributed by atoms with Crippen LogP contribution in [0.2, 0.25) is 0 Å². The predicted molar refractivity (Wildman–Crippen MR) is 118 cm³/mol. The number of hydrogen-bond acceptors (Lipinski definition) is 8. The summed E-state index contributed by atoms with van der Waals surface area (Å²) in [5.74, 6) is 2.39. The third kappa shape index (κ3) is 4.43. The molecule has 0 saturated carbocycles. The Morgan fingerprint density at radius 3 is 2.66 bits per heavy atom. The minimum Gasteiger partial charge on any atom is -0.497 e. The van der Waals surface area contributed by atoms with E-state index in [-0.39, 0.29) is 12.0 Å². The number of methoxy groups -OCH3 is 2. The van der Waals surface area contributed by atoms with Gasteiger partial charge in [-0.25, -0.2) is 0 Å². The van der Waals surface area contributed by atoms with Crippen LogP contribution >= 0.6 is 0 Å². The van der Waals surface area contributed by atoms with E-state index in [4.69, 9.17) is 14.2 Å². The maximum Gasteiger partial charge on any atom is 0.272 e. The molecule has 1 aliphatic rings. The minimum absolute atomic E-state index is 0.134. The molecule has 1 amide bonds. The molecule has 10 heteroatoms. The van der Waals surface area contributed by atoms with E-state index in [2.05, 4.69) is 20.4 Å². The lowest BCUT2D eigenvalue weighted by Crippen LogP contribution is -2.31. The van der Waals surface area contributed by atoms with Gasteiger partial charge in [0.25, 0.3) is 5.91 Å². The summed E-state index contributed by atoms with van der Waals surface area (Å²) in [6.07, 6.45) is 0.576. The first-order valence-electron chi connectivity index (χ1n) is 10.2. The highest BCUT2D eigenvalue weighted by Crippen LogP contribution is 2.32. The fourth-order valence-corrected chi connectivity index (χ4v) is 3.55. The number of likely N-dealkylation sites (tertiary alicyclic amines) is 1. The summed E-state index contributed by atoms with van der Waals surface area (Å²) in [5.41, 5.74) is 1.75. The van der Waals surface area contributed by atoms with Crippen LogP contribution in [0, 0.1) is 0 Å². The normalized spacial score (nSPS) is 15.5. The van der Waals surface area contributed by atoms with Crippen molar-refractivity contribution < 1.29 is 19.0 Å². The van der Waals surface area contributed by atoms with Crippen molar-refractivity contribution in [3.8, 4) is 28.6 Å². The van der Waals surface area contributed by atoms with Crippen molar-refractivity contribution in [3.63, 3.8) is 0 Å². The van der Waals surface area contributed by atoms with Crippen molar-refractivity contribution in [1.82, 2.24) is 25.3 Å².